The number of ether oxygens (including phenoxy) is 1. The number of nitrogens with zero attached hydrogens (tertiary/aromatic N) is 1. The van der Waals surface area contributed by atoms with E-state index >= 15 is 0 Å². The summed E-state index contributed by atoms with van der Waals surface area (Å²) in [6, 6.07) is 0.764. The fraction of sp³-hybridized carbons (Fsp3) is 0.929. The van der Waals surface area contributed by atoms with Gasteiger partial charge in [0.15, 0.2) is 0 Å². The molecule has 0 aliphatic carbocycles. The van der Waals surface area contributed by atoms with Crippen LogP contribution in [0.1, 0.15) is 54.9 Å². The molecule has 0 aromatic carbocycles. The van der Waals surface area contributed by atoms with Crippen LogP contribution in [0.2, 0.25) is 0 Å². The summed E-state index contributed by atoms with van der Waals surface area (Å²) in [5.41, 5.74) is 0. The van der Waals surface area contributed by atoms with E-state index in [4.69, 9.17) is 5.11 Å². The number of aliphatic hydroxyl groups excluding tert-OH is 1. The average Bonchev–Trinajstić information content (AvgIpc) is 2.32. The monoisotopic (exact) mass is 263 g/mol. The standard InChI is InChI=1S/C8H19N.C4H8O2.C2H6O/c1-5-8(4)9(6-2)7-3;1-3-6-4(2)5;1-2-3/h8H,5-7H2,1-4H3;3H2,1-2H3;3H,2H2,1H3. The lowest BCUT2D eigenvalue weighted by molar-refractivity contribution is -0.140. The number of carbonyl (C=O) groups excluding carboxylic acids is 1. The van der Waals surface area contributed by atoms with Crippen molar-refractivity contribution in [2.45, 2.75) is 60.9 Å². The molecule has 0 fully saturated rings. The summed E-state index contributed by atoms with van der Waals surface area (Å²) in [5.74, 6) is -0.211. The molecule has 0 aromatic rings. The lowest BCUT2D eigenvalue weighted by Gasteiger charge is -2.24. The van der Waals surface area contributed by atoms with Crippen molar-refractivity contribution in [3.63, 3.8) is 0 Å². The van der Waals surface area contributed by atoms with E-state index in [1.807, 2.05) is 0 Å². The van der Waals surface area contributed by atoms with E-state index in [0.29, 0.717) is 6.61 Å². The summed E-state index contributed by atoms with van der Waals surface area (Å²) in [4.78, 5) is 12.3. The minimum Gasteiger partial charge on any atom is -0.466 e. The fourth-order valence-corrected chi connectivity index (χ4v) is 1.31. The first-order valence-electron chi connectivity index (χ1n) is 6.92. The lowest BCUT2D eigenvalue weighted by Crippen LogP contribution is -2.31. The summed E-state index contributed by atoms with van der Waals surface area (Å²) >= 11 is 0. The van der Waals surface area contributed by atoms with Crippen molar-refractivity contribution in [2.24, 2.45) is 0 Å². The zero-order valence-electron chi connectivity index (χ0n) is 13.3. The molecule has 0 aromatic heterocycles. The molecule has 18 heavy (non-hydrogen) atoms. The number of hydrogen-bond acceptors (Lipinski definition) is 4. The van der Waals surface area contributed by atoms with E-state index in [0.717, 1.165) is 6.04 Å². The minimum atomic E-state index is -0.211. The number of esters is 1. The van der Waals surface area contributed by atoms with Crippen LogP contribution in [0.15, 0.2) is 0 Å². The lowest BCUT2D eigenvalue weighted by atomic mass is 10.2. The smallest absolute Gasteiger partial charge is 0.302 e. The van der Waals surface area contributed by atoms with Crippen molar-refractivity contribution >= 4 is 5.97 Å². The molecule has 0 spiro atoms. The van der Waals surface area contributed by atoms with Crippen molar-refractivity contribution in [3.8, 4) is 0 Å². The molecule has 1 atom stereocenters. The van der Waals surface area contributed by atoms with Gasteiger partial charge in [0.05, 0.1) is 6.61 Å². The summed E-state index contributed by atoms with van der Waals surface area (Å²) in [5, 5.41) is 7.57. The molecule has 0 aliphatic heterocycles. The molecule has 1 N–H and O–H groups in total. The van der Waals surface area contributed by atoms with Crippen molar-refractivity contribution < 1.29 is 14.6 Å². The van der Waals surface area contributed by atoms with E-state index in [-0.39, 0.29) is 12.6 Å². The van der Waals surface area contributed by atoms with E-state index < -0.39 is 0 Å². The Morgan fingerprint density at radius 1 is 1.17 bits per heavy atom. The maximum atomic E-state index is 9.82. The third kappa shape index (κ3) is 20.8. The summed E-state index contributed by atoms with van der Waals surface area (Å²) in [7, 11) is 0. The van der Waals surface area contributed by atoms with E-state index in [1.54, 1.807) is 13.8 Å². The Morgan fingerprint density at radius 3 is 1.61 bits per heavy atom. The first-order chi connectivity index (χ1) is 8.44. The molecule has 0 saturated heterocycles. The predicted molar refractivity (Wildman–Crippen MR) is 77.7 cm³/mol. The van der Waals surface area contributed by atoms with Gasteiger partial charge in [-0.15, -0.1) is 0 Å². The zero-order valence-corrected chi connectivity index (χ0v) is 13.3. The average molecular weight is 263 g/mol. The van der Waals surface area contributed by atoms with Gasteiger partial charge in [0, 0.05) is 19.6 Å². The SMILES string of the molecule is CCC(C)N(CC)CC.CCO.CCOC(C)=O. The first-order valence-corrected chi connectivity index (χ1v) is 6.92. The minimum absolute atomic E-state index is 0.211. The van der Waals surface area contributed by atoms with E-state index in [1.165, 1.54) is 26.4 Å². The number of aliphatic hydroxyl groups is 1. The molecule has 0 amide bonds. The van der Waals surface area contributed by atoms with Gasteiger partial charge in [0.2, 0.25) is 0 Å². The van der Waals surface area contributed by atoms with Crippen LogP contribution in [-0.2, 0) is 9.53 Å². The summed E-state index contributed by atoms with van der Waals surface area (Å²) in [6.07, 6.45) is 1.27. The molecule has 4 nitrogen and oxygen atoms in total. The normalized spacial score (nSPS) is 10.7. The van der Waals surface area contributed by atoms with Crippen LogP contribution in [0.5, 0.6) is 0 Å². The highest BCUT2D eigenvalue weighted by atomic mass is 16.5. The van der Waals surface area contributed by atoms with Crippen LogP contribution < -0.4 is 0 Å². The van der Waals surface area contributed by atoms with Gasteiger partial charge in [-0.05, 0) is 40.3 Å². The summed E-state index contributed by atoms with van der Waals surface area (Å²) in [6.45, 7) is 16.9. The molecule has 0 bridgehead atoms. The molecule has 0 radical (unpaired) electrons. The molecule has 0 heterocycles. The van der Waals surface area contributed by atoms with Crippen molar-refractivity contribution in [1.29, 1.82) is 0 Å². The van der Waals surface area contributed by atoms with E-state index in [2.05, 4.69) is 37.3 Å². The Labute approximate surface area is 113 Å². The van der Waals surface area contributed by atoms with Gasteiger partial charge < -0.3 is 14.7 Å². The quantitative estimate of drug-likeness (QED) is 0.775. The largest absolute Gasteiger partial charge is 0.466 e. The molecule has 0 saturated carbocycles. The van der Waals surface area contributed by atoms with Gasteiger partial charge in [0.1, 0.15) is 0 Å². The second kappa shape index (κ2) is 18.7. The highest BCUT2D eigenvalue weighted by Crippen LogP contribution is 2.00. The highest BCUT2D eigenvalue weighted by molar-refractivity contribution is 5.65. The predicted octanol–water partition coefficient (Wildman–Crippen LogP) is 2.69. The van der Waals surface area contributed by atoms with Crippen molar-refractivity contribution in [1.82, 2.24) is 4.90 Å². The number of hydrogen-bond donors (Lipinski definition) is 1. The molecular formula is C14H33NO3. The topological polar surface area (TPSA) is 49.8 Å². The molecular weight excluding hydrogens is 230 g/mol. The van der Waals surface area contributed by atoms with Gasteiger partial charge >= 0.3 is 5.97 Å². The molecule has 112 valence electrons. The van der Waals surface area contributed by atoms with Crippen LogP contribution in [0.25, 0.3) is 0 Å². The Morgan fingerprint density at radius 2 is 1.56 bits per heavy atom. The highest BCUT2D eigenvalue weighted by Gasteiger charge is 2.05. The number of carbonyl (C=O) groups is 1. The van der Waals surface area contributed by atoms with Crippen LogP contribution >= 0.6 is 0 Å². The maximum Gasteiger partial charge on any atom is 0.302 e. The van der Waals surface area contributed by atoms with Gasteiger partial charge in [-0.3, -0.25) is 4.79 Å². The Hall–Kier alpha value is -0.610. The van der Waals surface area contributed by atoms with Crippen LogP contribution in [0.3, 0.4) is 0 Å². The van der Waals surface area contributed by atoms with Crippen LogP contribution in [0.4, 0.5) is 0 Å². The van der Waals surface area contributed by atoms with Gasteiger partial charge in [-0.1, -0.05) is 20.8 Å². The molecule has 4 heteroatoms. The van der Waals surface area contributed by atoms with Crippen LogP contribution in [-0.4, -0.2) is 48.3 Å². The molecule has 0 aliphatic rings. The second-order valence-corrected chi connectivity index (χ2v) is 3.72. The number of rotatable bonds is 5. The molecule has 1 unspecified atom stereocenters. The van der Waals surface area contributed by atoms with Gasteiger partial charge in [0.25, 0.3) is 0 Å². The van der Waals surface area contributed by atoms with Crippen molar-refractivity contribution in [2.75, 3.05) is 26.3 Å². The zero-order chi connectivity index (χ0) is 15.0. The maximum absolute atomic E-state index is 9.82. The Kier molecular flexibility index (Phi) is 23.5. The van der Waals surface area contributed by atoms with Gasteiger partial charge in [-0.2, -0.15) is 0 Å². The Balaban J connectivity index is -0.000000216. The van der Waals surface area contributed by atoms with E-state index in [9.17, 15) is 4.79 Å². The third-order valence-electron chi connectivity index (χ3n) is 2.37. The third-order valence-corrected chi connectivity index (χ3v) is 2.37. The summed E-state index contributed by atoms with van der Waals surface area (Å²) < 4.78 is 4.40. The van der Waals surface area contributed by atoms with Crippen molar-refractivity contribution in [3.05, 3.63) is 0 Å². The fourth-order valence-electron chi connectivity index (χ4n) is 1.31. The first kappa shape index (κ1) is 22.6. The second-order valence-electron chi connectivity index (χ2n) is 3.72. The Bertz CT molecular complexity index is 159. The van der Waals surface area contributed by atoms with Gasteiger partial charge in [-0.25, -0.2) is 0 Å². The van der Waals surface area contributed by atoms with Crippen LogP contribution in [0, 0.1) is 0 Å². The molecule has 0 rings (SSSR count).